The first-order valence-electron chi connectivity index (χ1n) is 11.1. The quantitative estimate of drug-likeness (QED) is 0.228. The van der Waals surface area contributed by atoms with Gasteiger partial charge >= 0.3 is 5.97 Å². The number of hydrogen-bond donors (Lipinski definition) is 1. The number of nitrogens with zero attached hydrogens (tertiary/aromatic N) is 1. The molecule has 0 spiro atoms. The van der Waals surface area contributed by atoms with E-state index in [-0.39, 0.29) is 36.2 Å². The third kappa shape index (κ3) is 6.22. The van der Waals surface area contributed by atoms with Crippen LogP contribution in [0.15, 0.2) is 58.7 Å². The lowest BCUT2D eigenvalue weighted by molar-refractivity contribution is 0.0526. The lowest BCUT2D eigenvalue weighted by Gasteiger charge is -2.06. The lowest BCUT2D eigenvalue weighted by atomic mass is 10.1. The molecule has 2 heterocycles. The topological polar surface area (TPSA) is 98.3 Å². The molecule has 0 fully saturated rings. The van der Waals surface area contributed by atoms with Gasteiger partial charge in [0, 0.05) is 17.0 Å². The number of H-pyrrole nitrogens is 1. The van der Waals surface area contributed by atoms with Crippen molar-refractivity contribution >= 4 is 44.9 Å². The van der Waals surface area contributed by atoms with Crippen LogP contribution in [0.4, 0.5) is 0 Å². The van der Waals surface area contributed by atoms with Crippen LogP contribution in [0, 0.1) is 0 Å². The molecule has 0 unspecified atom stereocenters. The van der Waals surface area contributed by atoms with Crippen molar-refractivity contribution in [2.45, 2.75) is 33.0 Å². The van der Waals surface area contributed by atoms with Crippen LogP contribution in [0.25, 0.3) is 10.2 Å². The van der Waals surface area contributed by atoms with Crippen LogP contribution in [0.2, 0.25) is 5.02 Å². The van der Waals surface area contributed by atoms with Crippen LogP contribution in [0.1, 0.15) is 51.0 Å². The van der Waals surface area contributed by atoms with E-state index in [0.717, 1.165) is 11.1 Å². The number of fused-ring (bicyclic) bond motifs is 1. The fourth-order valence-corrected chi connectivity index (χ4v) is 4.68. The van der Waals surface area contributed by atoms with Gasteiger partial charge in [-0.05, 0) is 54.1 Å². The molecule has 0 aliphatic heterocycles. The third-order valence-corrected chi connectivity index (χ3v) is 6.46. The maximum absolute atomic E-state index is 12.7. The van der Waals surface area contributed by atoms with Crippen LogP contribution in [-0.2, 0) is 29.1 Å². The van der Waals surface area contributed by atoms with Gasteiger partial charge in [0.1, 0.15) is 4.83 Å². The van der Waals surface area contributed by atoms with Gasteiger partial charge in [0.25, 0.3) is 5.56 Å². The lowest BCUT2D eigenvalue weighted by Crippen LogP contribution is -2.16. The van der Waals surface area contributed by atoms with Crippen LogP contribution in [0.5, 0.6) is 0 Å². The first kappa shape index (κ1) is 24.8. The number of ketones is 1. The number of aryl methyl sites for hydroxylation is 1. The molecule has 2 aromatic heterocycles. The minimum absolute atomic E-state index is 0.0561. The Kier molecular flexibility index (Phi) is 8.07. The molecule has 0 atom stereocenters. The number of halogens is 1. The molecule has 0 saturated carbocycles. The normalized spacial score (nSPS) is 11.0. The Balaban J connectivity index is 1.38. The molecule has 2 aromatic carbocycles. The van der Waals surface area contributed by atoms with E-state index in [1.807, 2.05) is 23.6 Å². The standard InChI is InChI=1S/C26H23ClN2O5S/c1-2-34-26(32)18-9-6-17(7-10-18)13-33-14-19-15-35-25-22(19)24(31)28-23(29-25)21(30)11-8-16-4-3-5-20(27)12-16/h3-7,9-10,12,15H,2,8,11,13-14H2,1H3,(H,28,29,31). The number of hydrogen-bond acceptors (Lipinski definition) is 7. The Hall–Kier alpha value is -3.33. The van der Waals surface area contributed by atoms with Crippen molar-refractivity contribution in [2.75, 3.05) is 6.61 Å². The average molecular weight is 511 g/mol. The molecule has 1 N–H and O–H groups in total. The number of thiophene rings is 1. The molecule has 35 heavy (non-hydrogen) atoms. The van der Waals surface area contributed by atoms with E-state index < -0.39 is 0 Å². The summed E-state index contributed by atoms with van der Waals surface area (Å²) in [5.74, 6) is -0.541. The predicted octanol–water partition coefficient (Wildman–Crippen LogP) is 5.35. The van der Waals surface area contributed by atoms with E-state index in [1.165, 1.54) is 11.3 Å². The second-order valence-corrected chi connectivity index (χ2v) is 9.11. The van der Waals surface area contributed by atoms with E-state index in [2.05, 4.69) is 9.97 Å². The van der Waals surface area contributed by atoms with Crippen molar-refractivity contribution in [3.63, 3.8) is 0 Å². The van der Waals surface area contributed by atoms with Crippen molar-refractivity contribution in [2.24, 2.45) is 0 Å². The summed E-state index contributed by atoms with van der Waals surface area (Å²) in [5.41, 5.74) is 2.66. The SMILES string of the molecule is CCOC(=O)c1ccc(COCc2csc3nc(C(=O)CCc4cccc(Cl)c4)[nH]c(=O)c23)cc1. The molecule has 7 nitrogen and oxygen atoms in total. The summed E-state index contributed by atoms with van der Waals surface area (Å²) in [5, 5.41) is 2.86. The van der Waals surface area contributed by atoms with Gasteiger partial charge in [-0.3, -0.25) is 9.59 Å². The average Bonchev–Trinajstić information content (AvgIpc) is 3.26. The zero-order valence-corrected chi connectivity index (χ0v) is 20.6. The minimum Gasteiger partial charge on any atom is -0.462 e. The number of carbonyl (C=O) groups is 2. The van der Waals surface area contributed by atoms with Crippen LogP contribution in [0.3, 0.4) is 0 Å². The highest BCUT2D eigenvalue weighted by atomic mass is 35.5. The largest absolute Gasteiger partial charge is 0.462 e. The van der Waals surface area contributed by atoms with Gasteiger partial charge in [0.2, 0.25) is 0 Å². The predicted molar refractivity (Wildman–Crippen MR) is 135 cm³/mol. The molecule has 0 amide bonds. The molecule has 4 rings (SSSR count). The second kappa shape index (κ2) is 11.4. The number of rotatable bonds is 10. The zero-order chi connectivity index (χ0) is 24.8. The van der Waals surface area contributed by atoms with Crippen LogP contribution < -0.4 is 5.56 Å². The van der Waals surface area contributed by atoms with Gasteiger partial charge in [-0.15, -0.1) is 11.3 Å². The van der Waals surface area contributed by atoms with Gasteiger partial charge < -0.3 is 14.5 Å². The van der Waals surface area contributed by atoms with E-state index in [0.29, 0.717) is 46.0 Å². The highest BCUT2D eigenvalue weighted by molar-refractivity contribution is 7.16. The second-order valence-electron chi connectivity index (χ2n) is 7.82. The number of esters is 1. The zero-order valence-electron chi connectivity index (χ0n) is 19.0. The maximum atomic E-state index is 12.7. The number of aromatic nitrogens is 2. The first-order chi connectivity index (χ1) is 16.9. The van der Waals surface area contributed by atoms with E-state index in [9.17, 15) is 14.4 Å². The number of benzene rings is 2. The Labute approximate surface area is 210 Å². The molecule has 4 aromatic rings. The molecular formula is C26H23ClN2O5S. The first-order valence-corrected chi connectivity index (χ1v) is 12.3. The summed E-state index contributed by atoms with van der Waals surface area (Å²) in [7, 11) is 0. The summed E-state index contributed by atoms with van der Waals surface area (Å²) in [6.45, 7) is 2.61. The van der Waals surface area contributed by atoms with E-state index in [1.54, 1.807) is 37.3 Å². The van der Waals surface area contributed by atoms with Gasteiger partial charge in [-0.25, -0.2) is 9.78 Å². The van der Waals surface area contributed by atoms with Crippen molar-refractivity contribution in [3.05, 3.63) is 97.4 Å². The van der Waals surface area contributed by atoms with Crippen molar-refractivity contribution in [1.82, 2.24) is 9.97 Å². The number of carbonyl (C=O) groups excluding carboxylic acids is 2. The number of nitrogens with one attached hydrogen (secondary N) is 1. The summed E-state index contributed by atoms with van der Waals surface area (Å²) < 4.78 is 10.8. The molecule has 9 heteroatoms. The number of ether oxygens (including phenoxy) is 2. The maximum Gasteiger partial charge on any atom is 0.338 e. The Morgan fingerprint density at radius 3 is 2.63 bits per heavy atom. The third-order valence-electron chi connectivity index (χ3n) is 5.31. The van der Waals surface area contributed by atoms with Crippen LogP contribution >= 0.6 is 22.9 Å². The molecule has 0 aliphatic rings. The van der Waals surface area contributed by atoms with Crippen LogP contribution in [-0.4, -0.2) is 28.3 Å². The molecule has 180 valence electrons. The smallest absolute Gasteiger partial charge is 0.338 e. The Morgan fingerprint density at radius 2 is 1.89 bits per heavy atom. The van der Waals surface area contributed by atoms with Crippen molar-refractivity contribution in [1.29, 1.82) is 0 Å². The number of Topliss-reactive ketones (excluding diaryl/α,β-unsaturated/α-hetero) is 1. The monoisotopic (exact) mass is 510 g/mol. The summed E-state index contributed by atoms with van der Waals surface area (Å²) >= 11 is 7.29. The highest BCUT2D eigenvalue weighted by Crippen LogP contribution is 2.23. The molecule has 0 bridgehead atoms. The van der Waals surface area contributed by atoms with Gasteiger partial charge in [0.05, 0.1) is 30.8 Å². The van der Waals surface area contributed by atoms with Gasteiger partial charge in [-0.2, -0.15) is 0 Å². The number of aromatic amines is 1. The molecular weight excluding hydrogens is 488 g/mol. The van der Waals surface area contributed by atoms with Crippen molar-refractivity contribution < 1.29 is 19.1 Å². The van der Waals surface area contributed by atoms with Gasteiger partial charge in [0.15, 0.2) is 11.6 Å². The molecule has 0 saturated heterocycles. The van der Waals surface area contributed by atoms with E-state index >= 15 is 0 Å². The fraction of sp³-hybridized carbons (Fsp3) is 0.231. The van der Waals surface area contributed by atoms with E-state index in [4.69, 9.17) is 21.1 Å². The minimum atomic E-state index is -0.362. The summed E-state index contributed by atoms with van der Waals surface area (Å²) in [4.78, 5) is 44.6. The fourth-order valence-electron chi connectivity index (χ4n) is 3.54. The Morgan fingerprint density at radius 1 is 1.09 bits per heavy atom. The van der Waals surface area contributed by atoms with Crippen molar-refractivity contribution in [3.8, 4) is 0 Å². The summed E-state index contributed by atoms with van der Waals surface area (Å²) in [6.07, 6.45) is 0.719. The highest BCUT2D eigenvalue weighted by Gasteiger charge is 2.16. The molecule has 0 radical (unpaired) electrons. The summed E-state index contributed by atoms with van der Waals surface area (Å²) in [6, 6.07) is 14.3. The molecule has 0 aliphatic carbocycles. The Bertz CT molecular complexity index is 1410. The van der Waals surface area contributed by atoms with Gasteiger partial charge in [-0.1, -0.05) is 35.9 Å².